The highest BCUT2D eigenvalue weighted by atomic mass is 127. The summed E-state index contributed by atoms with van der Waals surface area (Å²) in [4.78, 5) is 21.7. The number of imidazole rings is 2. The van der Waals surface area contributed by atoms with Gasteiger partial charge in [-0.2, -0.15) is 0 Å². The van der Waals surface area contributed by atoms with Gasteiger partial charge in [0, 0.05) is 29.1 Å². The van der Waals surface area contributed by atoms with Crippen LogP contribution in [0.3, 0.4) is 0 Å². The van der Waals surface area contributed by atoms with E-state index >= 15 is 0 Å². The molecular weight excluding hydrogens is 599 g/mol. The summed E-state index contributed by atoms with van der Waals surface area (Å²) < 4.78 is 5.56. The summed E-state index contributed by atoms with van der Waals surface area (Å²) in [5.41, 5.74) is 8.29. The van der Waals surface area contributed by atoms with E-state index in [0.29, 0.717) is 12.1 Å². The van der Waals surface area contributed by atoms with Crippen LogP contribution in [-0.4, -0.2) is 30.2 Å². The number of para-hydroxylation sites is 2. The van der Waals surface area contributed by atoms with Crippen molar-refractivity contribution in [3.8, 4) is 22.5 Å². The van der Waals surface area contributed by atoms with Crippen molar-refractivity contribution in [1.82, 2.24) is 19.1 Å². The summed E-state index contributed by atoms with van der Waals surface area (Å²) in [5.74, 6) is 1.07. The Morgan fingerprint density at radius 2 is 1.64 bits per heavy atom. The predicted octanol–water partition coefficient (Wildman–Crippen LogP) is 7.56. The molecule has 0 bridgehead atoms. The Bertz CT molecular complexity index is 1850. The van der Waals surface area contributed by atoms with Gasteiger partial charge in [0.15, 0.2) is 0 Å². The van der Waals surface area contributed by atoms with Gasteiger partial charge in [-0.25, -0.2) is 14.8 Å². The Morgan fingerprint density at radius 3 is 2.38 bits per heavy atom. The second-order valence-corrected chi connectivity index (χ2v) is 10.9. The summed E-state index contributed by atoms with van der Waals surface area (Å²) in [6.07, 6.45) is 1.89. The number of nitrogens with zero attached hydrogens (tertiary/aromatic N) is 4. The molecule has 0 radical (unpaired) electrons. The van der Waals surface area contributed by atoms with Gasteiger partial charge in [-0.3, -0.25) is 0 Å². The number of carbonyl (C=O) groups is 1. The molecule has 0 spiro atoms. The summed E-state index contributed by atoms with van der Waals surface area (Å²) in [5, 5.41) is 9.60. The molecule has 0 amide bonds. The Hall–Kier alpha value is -3.98. The molecule has 1 N–H and O–H groups in total. The number of benzene rings is 4. The minimum Gasteiger partial charge on any atom is -0.478 e. The first-order valence-corrected chi connectivity index (χ1v) is 14.0. The second kappa shape index (κ2) is 10.3. The summed E-state index contributed by atoms with van der Waals surface area (Å²) in [7, 11) is 2.06. The van der Waals surface area contributed by atoms with Crippen LogP contribution < -0.4 is 0 Å². The number of aromatic carboxylic acids is 1. The molecule has 2 heterocycles. The van der Waals surface area contributed by atoms with Gasteiger partial charge < -0.3 is 14.2 Å². The number of aromatic nitrogens is 4. The number of hydrogen-bond donors (Lipinski definition) is 1. The molecule has 0 aliphatic carbocycles. The van der Waals surface area contributed by atoms with E-state index in [0.717, 1.165) is 72.4 Å². The van der Waals surface area contributed by atoms with E-state index in [9.17, 15) is 9.90 Å². The number of halogens is 1. The molecule has 0 aliphatic rings. The fourth-order valence-corrected chi connectivity index (χ4v) is 5.98. The van der Waals surface area contributed by atoms with Gasteiger partial charge in [0.1, 0.15) is 17.2 Å². The lowest BCUT2D eigenvalue weighted by Crippen LogP contribution is -2.05. The van der Waals surface area contributed by atoms with Gasteiger partial charge >= 0.3 is 5.97 Å². The Kier molecular flexibility index (Phi) is 6.68. The summed E-state index contributed by atoms with van der Waals surface area (Å²) >= 11 is 2.39. The zero-order valence-electron chi connectivity index (χ0n) is 21.7. The van der Waals surface area contributed by atoms with E-state index in [1.807, 2.05) is 42.5 Å². The standard InChI is InChI=1S/C32H27IN4O2/c1-3-8-29-35-30-25(33)17-22(31-34-26-11-6-7-12-27(26)36(31)2)18-28(30)37(29)19-20-13-15-21(16-14-20)23-9-4-5-10-24(23)32(38)39/h4-7,9-18H,3,8,19H2,1-2H3,(H,38,39). The number of hydrogen-bond acceptors (Lipinski definition) is 3. The monoisotopic (exact) mass is 626 g/mol. The van der Waals surface area contributed by atoms with Crippen molar-refractivity contribution in [2.24, 2.45) is 7.05 Å². The van der Waals surface area contributed by atoms with Crippen LogP contribution >= 0.6 is 22.6 Å². The highest BCUT2D eigenvalue weighted by Gasteiger charge is 2.18. The summed E-state index contributed by atoms with van der Waals surface area (Å²) in [6.45, 7) is 2.85. The topological polar surface area (TPSA) is 72.9 Å². The molecule has 194 valence electrons. The molecule has 7 heteroatoms. The maximum Gasteiger partial charge on any atom is 0.336 e. The van der Waals surface area contributed by atoms with Crippen molar-refractivity contribution in [3.05, 3.63) is 105 Å². The van der Waals surface area contributed by atoms with Crippen LogP contribution in [0.25, 0.3) is 44.6 Å². The predicted molar refractivity (Wildman–Crippen MR) is 164 cm³/mol. The summed E-state index contributed by atoms with van der Waals surface area (Å²) in [6, 6.07) is 27.9. The molecule has 0 aliphatic heterocycles. The zero-order chi connectivity index (χ0) is 27.1. The van der Waals surface area contributed by atoms with Crippen LogP contribution in [0, 0.1) is 3.57 Å². The molecule has 0 saturated heterocycles. The maximum atomic E-state index is 11.7. The van der Waals surface area contributed by atoms with Gasteiger partial charge in [0.25, 0.3) is 0 Å². The molecule has 0 atom stereocenters. The first-order chi connectivity index (χ1) is 18.9. The Morgan fingerprint density at radius 1 is 0.897 bits per heavy atom. The van der Waals surface area contributed by atoms with Gasteiger partial charge in [0.05, 0.1) is 22.1 Å². The molecule has 39 heavy (non-hydrogen) atoms. The fraction of sp³-hybridized carbons (Fsp3) is 0.156. The third-order valence-electron chi connectivity index (χ3n) is 7.17. The van der Waals surface area contributed by atoms with Crippen molar-refractivity contribution < 1.29 is 9.90 Å². The number of carboxylic acids is 1. The molecule has 0 saturated carbocycles. The van der Waals surface area contributed by atoms with Gasteiger partial charge in [-0.1, -0.05) is 61.5 Å². The SMILES string of the molecule is CCCc1nc2c(I)cc(-c3nc4ccccc4n3C)cc2n1Cc1ccc(-c2ccccc2C(=O)O)cc1. The largest absolute Gasteiger partial charge is 0.478 e. The van der Waals surface area contributed by atoms with Crippen molar-refractivity contribution in [2.45, 2.75) is 26.3 Å². The second-order valence-electron chi connectivity index (χ2n) is 9.72. The van der Waals surface area contributed by atoms with Crippen LogP contribution in [0.15, 0.2) is 84.9 Å². The quantitative estimate of drug-likeness (QED) is 0.186. The Balaban J connectivity index is 1.42. The van der Waals surface area contributed by atoms with Crippen molar-refractivity contribution in [1.29, 1.82) is 0 Å². The van der Waals surface area contributed by atoms with E-state index in [-0.39, 0.29) is 0 Å². The van der Waals surface area contributed by atoms with Crippen LogP contribution in [-0.2, 0) is 20.0 Å². The first kappa shape index (κ1) is 25.3. The van der Waals surface area contributed by atoms with Crippen molar-refractivity contribution in [3.63, 3.8) is 0 Å². The number of fused-ring (bicyclic) bond motifs is 2. The highest BCUT2D eigenvalue weighted by molar-refractivity contribution is 14.1. The number of carboxylic acid groups (broad SMARTS) is 1. The van der Waals surface area contributed by atoms with E-state index < -0.39 is 5.97 Å². The average molecular weight is 626 g/mol. The number of rotatable bonds is 7. The minimum atomic E-state index is -0.921. The molecule has 2 aromatic heterocycles. The smallest absolute Gasteiger partial charge is 0.336 e. The molecule has 6 aromatic rings. The minimum absolute atomic E-state index is 0.306. The van der Waals surface area contributed by atoms with Crippen LogP contribution in [0.5, 0.6) is 0 Å². The van der Waals surface area contributed by atoms with E-state index in [2.05, 4.69) is 76.0 Å². The fourth-order valence-electron chi connectivity index (χ4n) is 5.25. The van der Waals surface area contributed by atoms with Crippen molar-refractivity contribution in [2.75, 3.05) is 0 Å². The van der Waals surface area contributed by atoms with Crippen LogP contribution in [0.2, 0.25) is 0 Å². The van der Waals surface area contributed by atoms with E-state index in [1.54, 1.807) is 12.1 Å². The molecular formula is C32H27IN4O2. The third-order valence-corrected chi connectivity index (χ3v) is 7.99. The molecule has 0 unspecified atom stereocenters. The van der Waals surface area contributed by atoms with E-state index in [4.69, 9.17) is 9.97 Å². The lowest BCUT2D eigenvalue weighted by Gasteiger charge is -2.12. The lowest BCUT2D eigenvalue weighted by molar-refractivity contribution is 0.0697. The first-order valence-electron chi connectivity index (χ1n) is 13.0. The average Bonchev–Trinajstić information content (AvgIpc) is 3.47. The van der Waals surface area contributed by atoms with Crippen LogP contribution in [0.4, 0.5) is 0 Å². The van der Waals surface area contributed by atoms with Gasteiger partial charge in [-0.15, -0.1) is 0 Å². The van der Waals surface area contributed by atoms with E-state index in [1.165, 1.54) is 0 Å². The third kappa shape index (κ3) is 4.61. The normalized spacial score (nSPS) is 11.5. The van der Waals surface area contributed by atoms with Crippen molar-refractivity contribution >= 4 is 50.6 Å². The van der Waals surface area contributed by atoms with Crippen LogP contribution in [0.1, 0.15) is 35.1 Å². The molecule has 6 nitrogen and oxygen atoms in total. The highest BCUT2D eigenvalue weighted by Crippen LogP contribution is 2.32. The maximum absolute atomic E-state index is 11.7. The van der Waals surface area contributed by atoms with Gasteiger partial charge in [0.2, 0.25) is 0 Å². The molecule has 4 aromatic carbocycles. The molecule has 6 rings (SSSR count). The number of aryl methyl sites for hydroxylation is 2. The van der Waals surface area contributed by atoms with Gasteiger partial charge in [-0.05, 0) is 76.0 Å². The molecule has 0 fully saturated rings. The zero-order valence-corrected chi connectivity index (χ0v) is 23.9. The lowest BCUT2D eigenvalue weighted by atomic mass is 9.99. The Labute approximate surface area is 240 Å².